The van der Waals surface area contributed by atoms with Gasteiger partial charge in [-0.15, -0.1) is 0 Å². The van der Waals surface area contributed by atoms with Gasteiger partial charge in [0.05, 0.1) is 12.5 Å². The minimum Gasteiger partial charge on any atom is -0.396 e. The lowest BCUT2D eigenvalue weighted by molar-refractivity contribution is -0.124. The van der Waals surface area contributed by atoms with Crippen LogP contribution < -0.4 is 5.32 Å². The maximum absolute atomic E-state index is 11.1. The number of aliphatic hydroxyl groups is 1. The molecule has 0 aromatic rings. The fraction of sp³-hybridized carbons (Fsp3) is 0.889. The van der Waals surface area contributed by atoms with Crippen molar-refractivity contribution < 1.29 is 9.90 Å². The summed E-state index contributed by atoms with van der Waals surface area (Å²) >= 11 is 0. The molecule has 2 unspecified atom stereocenters. The Morgan fingerprint density at radius 1 is 1.67 bits per heavy atom. The average Bonchev–Trinajstić information content (AvgIpc) is 2.30. The highest BCUT2D eigenvalue weighted by atomic mass is 16.3. The molecular formula is C9H17NO2. The molecule has 12 heavy (non-hydrogen) atoms. The molecule has 0 aliphatic carbocycles. The zero-order valence-electron chi connectivity index (χ0n) is 7.71. The summed E-state index contributed by atoms with van der Waals surface area (Å²) < 4.78 is 0. The maximum atomic E-state index is 11.1. The Morgan fingerprint density at radius 3 is 2.83 bits per heavy atom. The van der Waals surface area contributed by atoms with E-state index in [-0.39, 0.29) is 18.4 Å². The van der Waals surface area contributed by atoms with Crippen LogP contribution in [0.2, 0.25) is 0 Å². The Balaban J connectivity index is 2.48. The molecule has 1 aliphatic heterocycles. The zero-order valence-corrected chi connectivity index (χ0v) is 7.71. The molecule has 2 N–H and O–H groups in total. The zero-order chi connectivity index (χ0) is 9.14. The van der Waals surface area contributed by atoms with Crippen molar-refractivity contribution >= 4 is 5.91 Å². The monoisotopic (exact) mass is 171 g/mol. The normalized spacial score (nSPS) is 29.5. The third-order valence-corrected chi connectivity index (χ3v) is 2.42. The van der Waals surface area contributed by atoms with Gasteiger partial charge in [0.1, 0.15) is 0 Å². The quantitative estimate of drug-likeness (QED) is 0.645. The SMILES string of the molecule is CC(C)CC1CNC(=O)C1CO. The Bertz CT molecular complexity index is 168. The summed E-state index contributed by atoms with van der Waals surface area (Å²) in [4.78, 5) is 11.1. The first-order valence-electron chi connectivity index (χ1n) is 4.53. The summed E-state index contributed by atoms with van der Waals surface area (Å²) in [6, 6.07) is 0. The van der Waals surface area contributed by atoms with Gasteiger partial charge in [-0.05, 0) is 18.3 Å². The second-order valence-electron chi connectivity index (χ2n) is 3.92. The third kappa shape index (κ3) is 1.97. The molecule has 1 heterocycles. The molecule has 0 saturated carbocycles. The van der Waals surface area contributed by atoms with E-state index in [9.17, 15) is 4.79 Å². The van der Waals surface area contributed by atoms with Gasteiger partial charge in [-0.25, -0.2) is 0 Å². The first-order valence-corrected chi connectivity index (χ1v) is 4.53. The number of carbonyl (C=O) groups is 1. The van der Waals surface area contributed by atoms with E-state index in [0.717, 1.165) is 13.0 Å². The van der Waals surface area contributed by atoms with Gasteiger partial charge in [-0.3, -0.25) is 4.79 Å². The Morgan fingerprint density at radius 2 is 2.33 bits per heavy atom. The summed E-state index contributed by atoms with van der Waals surface area (Å²) in [7, 11) is 0. The molecular weight excluding hydrogens is 154 g/mol. The molecule has 3 nitrogen and oxygen atoms in total. The predicted octanol–water partition coefficient (Wildman–Crippen LogP) is 0.387. The lowest BCUT2D eigenvalue weighted by Gasteiger charge is -2.15. The molecule has 1 aliphatic rings. The van der Waals surface area contributed by atoms with Crippen LogP contribution in [0.4, 0.5) is 0 Å². The lowest BCUT2D eigenvalue weighted by Crippen LogP contribution is -2.23. The van der Waals surface area contributed by atoms with E-state index in [1.807, 2.05) is 0 Å². The molecule has 2 atom stereocenters. The van der Waals surface area contributed by atoms with E-state index in [2.05, 4.69) is 19.2 Å². The molecule has 0 radical (unpaired) electrons. The standard InChI is InChI=1S/C9H17NO2/c1-6(2)3-7-4-10-9(12)8(7)5-11/h6-8,11H,3-5H2,1-2H3,(H,10,12). The lowest BCUT2D eigenvalue weighted by atomic mass is 9.88. The summed E-state index contributed by atoms with van der Waals surface area (Å²) in [6.45, 7) is 5.00. The summed E-state index contributed by atoms with van der Waals surface area (Å²) in [5, 5.41) is 11.7. The van der Waals surface area contributed by atoms with Crippen LogP contribution in [-0.4, -0.2) is 24.2 Å². The summed E-state index contributed by atoms with van der Waals surface area (Å²) in [5.41, 5.74) is 0. The van der Waals surface area contributed by atoms with Crippen LogP contribution >= 0.6 is 0 Å². The number of carbonyl (C=O) groups excluding carboxylic acids is 1. The first kappa shape index (κ1) is 9.52. The fourth-order valence-electron chi connectivity index (χ4n) is 1.80. The molecule has 1 rings (SSSR count). The highest BCUT2D eigenvalue weighted by Crippen LogP contribution is 2.24. The molecule has 0 spiro atoms. The van der Waals surface area contributed by atoms with Crippen molar-refractivity contribution in [2.75, 3.05) is 13.2 Å². The number of nitrogens with one attached hydrogen (secondary N) is 1. The second-order valence-corrected chi connectivity index (χ2v) is 3.92. The van der Waals surface area contributed by atoms with Gasteiger partial charge in [0.15, 0.2) is 0 Å². The molecule has 1 amide bonds. The molecule has 0 bridgehead atoms. The van der Waals surface area contributed by atoms with Crippen LogP contribution in [0, 0.1) is 17.8 Å². The number of aliphatic hydroxyl groups excluding tert-OH is 1. The van der Waals surface area contributed by atoms with Crippen LogP contribution in [-0.2, 0) is 4.79 Å². The van der Waals surface area contributed by atoms with Crippen LogP contribution in [0.15, 0.2) is 0 Å². The van der Waals surface area contributed by atoms with Crippen molar-refractivity contribution in [3.05, 3.63) is 0 Å². The molecule has 1 saturated heterocycles. The van der Waals surface area contributed by atoms with Crippen molar-refractivity contribution in [1.82, 2.24) is 5.32 Å². The Kier molecular flexibility index (Phi) is 3.09. The molecule has 0 aromatic carbocycles. The van der Waals surface area contributed by atoms with Gasteiger partial charge < -0.3 is 10.4 Å². The van der Waals surface area contributed by atoms with Gasteiger partial charge in [-0.2, -0.15) is 0 Å². The number of hydrogen-bond acceptors (Lipinski definition) is 2. The van der Waals surface area contributed by atoms with Crippen molar-refractivity contribution in [3.63, 3.8) is 0 Å². The third-order valence-electron chi connectivity index (χ3n) is 2.42. The molecule has 3 heteroatoms. The van der Waals surface area contributed by atoms with Gasteiger partial charge in [-0.1, -0.05) is 13.8 Å². The van der Waals surface area contributed by atoms with Gasteiger partial charge in [0.2, 0.25) is 5.91 Å². The van der Waals surface area contributed by atoms with Gasteiger partial charge in [0.25, 0.3) is 0 Å². The van der Waals surface area contributed by atoms with Crippen LogP contribution in [0.5, 0.6) is 0 Å². The minimum absolute atomic E-state index is 0.0107. The van der Waals surface area contributed by atoms with E-state index >= 15 is 0 Å². The maximum Gasteiger partial charge on any atom is 0.225 e. The minimum atomic E-state index is -0.160. The van der Waals surface area contributed by atoms with Crippen LogP contribution in [0.25, 0.3) is 0 Å². The van der Waals surface area contributed by atoms with E-state index in [1.54, 1.807) is 0 Å². The van der Waals surface area contributed by atoms with Crippen molar-refractivity contribution in [1.29, 1.82) is 0 Å². The number of rotatable bonds is 3. The van der Waals surface area contributed by atoms with Crippen LogP contribution in [0.3, 0.4) is 0 Å². The Labute approximate surface area is 73.2 Å². The smallest absolute Gasteiger partial charge is 0.225 e. The van der Waals surface area contributed by atoms with Crippen molar-refractivity contribution in [2.24, 2.45) is 17.8 Å². The molecule has 1 fully saturated rings. The highest BCUT2D eigenvalue weighted by Gasteiger charge is 2.33. The van der Waals surface area contributed by atoms with Crippen molar-refractivity contribution in [3.8, 4) is 0 Å². The Hall–Kier alpha value is -0.570. The van der Waals surface area contributed by atoms with E-state index in [1.165, 1.54) is 0 Å². The predicted molar refractivity (Wildman–Crippen MR) is 46.5 cm³/mol. The summed E-state index contributed by atoms with van der Waals surface area (Å²) in [5.74, 6) is 0.787. The first-order chi connectivity index (χ1) is 5.65. The average molecular weight is 171 g/mol. The largest absolute Gasteiger partial charge is 0.396 e. The number of hydrogen-bond donors (Lipinski definition) is 2. The number of amides is 1. The van der Waals surface area contributed by atoms with E-state index in [0.29, 0.717) is 11.8 Å². The van der Waals surface area contributed by atoms with E-state index in [4.69, 9.17) is 5.11 Å². The fourth-order valence-corrected chi connectivity index (χ4v) is 1.80. The van der Waals surface area contributed by atoms with Crippen molar-refractivity contribution in [2.45, 2.75) is 20.3 Å². The van der Waals surface area contributed by atoms with Crippen LogP contribution in [0.1, 0.15) is 20.3 Å². The summed E-state index contributed by atoms with van der Waals surface area (Å²) in [6.07, 6.45) is 1.02. The van der Waals surface area contributed by atoms with Gasteiger partial charge >= 0.3 is 0 Å². The molecule has 70 valence electrons. The topological polar surface area (TPSA) is 49.3 Å². The van der Waals surface area contributed by atoms with Gasteiger partial charge in [0, 0.05) is 6.54 Å². The molecule has 0 aromatic heterocycles. The second kappa shape index (κ2) is 3.90. The van der Waals surface area contributed by atoms with E-state index < -0.39 is 0 Å². The highest BCUT2D eigenvalue weighted by molar-refractivity contribution is 5.81.